The van der Waals surface area contributed by atoms with Gasteiger partial charge in [0.1, 0.15) is 0 Å². The summed E-state index contributed by atoms with van der Waals surface area (Å²) in [6.45, 7) is 1.80. The van der Waals surface area contributed by atoms with Gasteiger partial charge in [-0.05, 0) is 6.92 Å². The summed E-state index contributed by atoms with van der Waals surface area (Å²) >= 11 is 3.02. The highest BCUT2D eigenvalue weighted by molar-refractivity contribution is 9.07. The number of imide groups is 1. The Morgan fingerprint density at radius 3 is 2.80 bits per heavy atom. The minimum atomic E-state index is -0.385. The van der Waals surface area contributed by atoms with Crippen LogP contribution in [-0.4, -0.2) is 21.9 Å². The first-order valence-corrected chi connectivity index (χ1v) is 3.61. The molecular weight excluding hydrogens is 200 g/mol. The quantitative estimate of drug-likeness (QED) is 0.592. The van der Waals surface area contributed by atoms with Crippen LogP contribution in [0.25, 0.3) is 0 Å². The van der Waals surface area contributed by atoms with Crippen LogP contribution >= 0.6 is 16.1 Å². The summed E-state index contributed by atoms with van der Waals surface area (Å²) in [5.41, 5.74) is 0. The van der Waals surface area contributed by atoms with Gasteiger partial charge >= 0.3 is 6.03 Å². The van der Waals surface area contributed by atoms with E-state index in [0.717, 1.165) is 0 Å². The maximum atomic E-state index is 10.8. The zero-order chi connectivity index (χ0) is 7.72. The molecule has 0 aromatic carbocycles. The Bertz CT molecular complexity index is 182. The number of carbonyl (C=O) groups is 2. The van der Waals surface area contributed by atoms with Crippen LogP contribution in [0.3, 0.4) is 0 Å². The normalized spacial score (nSPS) is 26.6. The highest BCUT2D eigenvalue weighted by Gasteiger charge is 2.27. The van der Waals surface area contributed by atoms with Gasteiger partial charge in [-0.2, -0.15) is 0 Å². The van der Waals surface area contributed by atoms with E-state index in [1.54, 1.807) is 6.92 Å². The van der Waals surface area contributed by atoms with Gasteiger partial charge < -0.3 is 0 Å². The number of nitrogens with one attached hydrogen (secondary N) is 1. The minimum absolute atomic E-state index is 0.0544. The molecule has 5 heteroatoms. The molecule has 1 N–H and O–H groups in total. The van der Waals surface area contributed by atoms with Crippen molar-refractivity contribution in [3.05, 3.63) is 0 Å². The SMILES string of the molecule is CC1CC(=O)NC(=O)N1Br. The van der Waals surface area contributed by atoms with E-state index >= 15 is 0 Å². The molecule has 1 unspecified atom stereocenters. The fourth-order valence-electron chi connectivity index (χ4n) is 0.772. The maximum absolute atomic E-state index is 10.8. The van der Waals surface area contributed by atoms with E-state index in [9.17, 15) is 9.59 Å². The molecule has 1 aliphatic heterocycles. The minimum Gasteiger partial charge on any atom is -0.277 e. The predicted octanol–water partition coefficient (Wildman–Crippen LogP) is 0.627. The highest BCUT2D eigenvalue weighted by atomic mass is 79.9. The molecule has 0 spiro atoms. The summed E-state index contributed by atoms with van der Waals surface area (Å²) in [6, 6.07) is -0.440. The van der Waals surface area contributed by atoms with Crippen LogP contribution < -0.4 is 5.32 Å². The first-order chi connectivity index (χ1) is 4.61. The predicted molar refractivity (Wildman–Crippen MR) is 38.4 cm³/mol. The van der Waals surface area contributed by atoms with Crippen molar-refractivity contribution >= 4 is 28.1 Å². The van der Waals surface area contributed by atoms with E-state index in [2.05, 4.69) is 21.5 Å². The summed E-state index contributed by atoms with van der Waals surface area (Å²) in [5, 5.41) is 2.16. The molecule has 1 fully saturated rings. The monoisotopic (exact) mass is 206 g/mol. The zero-order valence-electron chi connectivity index (χ0n) is 5.43. The molecule has 4 nitrogen and oxygen atoms in total. The molecular formula is C5H7BrN2O2. The lowest BCUT2D eigenvalue weighted by Gasteiger charge is -2.26. The molecule has 10 heavy (non-hydrogen) atoms. The van der Waals surface area contributed by atoms with Crippen molar-refractivity contribution in [1.29, 1.82) is 0 Å². The lowest BCUT2D eigenvalue weighted by atomic mass is 10.2. The summed E-state index contributed by atoms with van der Waals surface area (Å²) in [7, 11) is 0. The van der Waals surface area contributed by atoms with E-state index in [0.29, 0.717) is 6.42 Å². The third-order valence-electron chi connectivity index (χ3n) is 1.31. The Hall–Kier alpha value is -0.580. The lowest BCUT2D eigenvalue weighted by molar-refractivity contribution is -0.121. The van der Waals surface area contributed by atoms with Crippen LogP contribution in [0.1, 0.15) is 13.3 Å². The van der Waals surface area contributed by atoms with Crippen molar-refractivity contribution in [2.24, 2.45) is 0 Å². The number of hydrogen-bond acceptors (Lipinski definition) is 2. The van der Waals surface area contributed by atoms with Crippen LogP contribution in [0.5, 0.6) is 0 Å². The first-order valence-electron chi connectivity index (χ1n) is 2.90. The summed E-state index contributed by atoms with van der Waals surface area (Å²) < 4.78 is 1.33. The van der Waals surface area contributed by atoms with Gasteiger partial charge in [-0.15, -0.1) is 0 Å². The molecule has 0 aromatic rings. The summed E-state index contributed by atoms with van der Waals surface area (Å²) in [5.74, 6) is -0.215. The average molecular weight is 207 g/mol. The maximum Gasteiger partial charge on any atom is 0.334 e. The van der Waals surface area contributed by atoms with Crippen molar-refractivity contribution in [2.75, 3.05) is 0 Å². The van der Waals surface area contributed by atoms with Crippen molar-refractivity contribution in [2.45, 2.75) is 19.4 Å². The molecule has 0 aromatic heterocycles. The largest absolute Gasteiger partial charge is 0.334 e. The second-order valence-corrected chi connectivity index (χ2v) is 2.98. The van der Waals surface area contributed by atoms with Crippen molar-refractivity contribution in [3.63, 3.8) is 0 Å². The van der Waals surface area contributed by atoms with Gasteiger partial charge in [0.25, 0.3) is 0 Å². The Kier molecular flexibility index (Phi) is 1.94. The van der Waals surface area contributed by atoms with Gasteiger partial charge in [-0.25, -0.2) is 4.79 Å². The van der Waals surface area contributed by atoms with Crippen molar-refractivity contribution in [3.8, 4) is 0 Å². The molecule has 1 rings (SSSR count). The molecule has 0 radical (unpaired) electrons. The molecule has 1 aliphatic rings. The Labute approximate surface area is 66.9 Å². The topological polar surface area (TPSA) is 49.4 Å². The number of nitrogens with zero attached hydrogens (tertiary/aromatic N) is 1. The average Bonchev–Trinajstić information content (AvgIpc) is 1.82. The second kappa shape index (κ2) is 2.57. The van der Waals surface area contributed by atoms with Crippen LogP contribution in [0.4, 0.5) is 4.79 Å². The molecule has 0 aliphatic carbocycles. The van der Waals surface area contributed by atoms with Gasteiger partial charge in [0.2, 0.25) is 5.91 Å². The Morgan fingerprint density at radius 2 is 2.30 bits per heavy atom. The smallest absolute Gasteiger partial charge is 0.277 e. The third-order valence-corrected chi connectivity index (χ3v) is 2.33. The van der Waals surface area contributed by atoms with Gasteiger partial charge in [-0.1, -0.05) is 0 Å². The number of carbonyl (C=O) groups excluding carboxylic acids is 2. The molecule has 56 valence electrons. The first kappa shape index (κ1) is 7.53. The van der Waals surface area contributed by atoms with Crippen LogP contribution in [0.2, 0.25) is 0 Å². The van der Waals surface area contributed by atoms with Crippen LogP contribution in [0, 0.1) is 0 Å². The highest BCUT2D eigenvalue weighted by Crippen LogP contribution is 2.13. The molecule has 0 bridgehead atoms. The van der Waals surface area contributed by atoms with Gasteiger partial charge in [0.05, 0.1) is 22.2 Å². The summed E-state index contributed by atoms with van der Waals surface area (Å²) in [4.78, 5) is 21.4. The van der Waals surface area contributed by atoms with Gasteiger partial charge in [0.15, 0.2) is 0 Å². The van der Waals surface area contributed by atoms with Gasteiger partial charge in [-0.3, -0.25) is 14.0 Å². The second-order valence-electron chi connectivity index (χ2n) is 2.22. The Balaban J connectivity index is 2.66. The summed E-state index contributed by atoms with van der Waals surface area (Å²) in [6.07, 6.45) is 0.358. The number of urea groups is 1. The van der Waals surface area contributed by atoms with E-state index in [4.69, 9.17) is 0 Å². The fraction of sp³-hybridized carbons (Fsp3) is 0.600. The molecule has 1 saturated heterocycles. The zero-order valence-corrected chi connectivity index (χ0v) is 7.01. The van der Waals surface area contributed by atoms with Crippen LogP contribution in [0.15, 0.2) is 0 Å². The molecule has 1 atom stereocenters. The van der Waals surface area contributed by atoms with E-state index in [1.807, 2.05) is 0 Å². The fourth-order valence-corrected chi connectivity index (χ4v) is 1.01. The van der Waals surface area contributed by atoms with Crippen molar-refractivity contribution < 1.29 is 9.59 Å². The van der Waals surface area contributed by atoms with Crippen LogP contribution in [-0.2, 0) is 4.79 Å². The standard InChI is InChI=1S/C5H7BrN2O2/c1-3-2-4(9)7-5(10)8(3)6/h3H,2H2,1H3,(H,7,9,10). The van der Waals surface area contributed by atoms with E-state index in [-0.39, 0.29) is 18.0 Å². The number of amides is 3. The molecule has 1 heterocycles. The third kappa shape index (κ3) is 1.29. The number of hydrogen-bond donors (Lipinski definition) is 1. The number of halogens is 1. The van der Waals surface area contributed by atoms with E-state index < -0.39 is 0 Å². The van der Waals surface area contributed by atoms with Crippen molar-refractivity contribution in [1.82, 2.24) is 9.24 Å². The molecule has 0 saturated carbocycles. The Morgan fingerprint density at radius 1 is 1.70 bits per heavy atom. The van der Waals surface area contributed by atoms with Gasteiger partial charge in [0, 0.05) is 6.42 Å². The van der Waals surface area contributed by atoms with E-state index in [1.165, 1.54) is 3.93 Å². The lowest BCUT2D eigenvalue weighted by Crippen LogP contribution is -2.49. The number of rotatable bonds is 0. The molecule has 3 amide bonds.